The number of piperidine rings is 1. The highest BCUT2D eigenvalue weighted by Gasteiger charge is 2.58. The van der Waals surface area contributed by atoms with Crippen LogP contribution in [0.15, 0.2) is 54.6 Å². The number of nitrogens with one attached hydrogen (secondary N) is 1. The third-order valence-electron chi connectivity index (χ3n) is 6.83. The number of ether oxygens (including phenoxy) is 1. The quantitative estimate of drug-likeness (QED) is 0.576. The Bertz CT molecular complexity index is 829. The van der Waals surface area contributed by atoms with Crippen LogP contribution in [-0.4, -0.2) is 48.8 Å². The van der Waals surface area contributed by atoms with Crippen LogP contribution in [0.25, 0.3) is 0 Å². The minimum absolute atomic E-state index is 0.0317. The first-order valence-corrected chi connectivity index (χ1v) is 11.6. The van der Waals surface area contributed by atoms with Crippen LogP contribution < -0.4 is 10.1 Å². The molecule has 5 nitrogen and oxygen atoms in total. The molecular weight excluding hydrogens is 388 g/mol. The van der Waals surface area contributed by atoms with E-state index in [4.69, 9.17) is 9.84 Å². The second-order valence-corrected chi connectivity index (χ2v) is 8.99. The lowest BCUT2D eigenvalue weighted by Gasteiger charge is -2.32. The molecule has 4 rings (SSSR count). The summed E-state index contributed by atoms with van der Waals surface area (Å²) in [6, 6.07) is 18.6. The van der Waals surface area contributed by atoms with Gasteiger partial charge in [-0.15, -0.1) is 0 Å². The number of amides is 1. The van der Waals surface area contributed by atoms with Crippen LogP contribution in [0.3, 0.4) is 0 Å². The minimum atomic E-state index is 0.0317. The number of carbonyl (C=O) groups excluding carboxylic acids is 1. The molecule has 1 heterocycles. The van der Waals surface area contributed by atoms with Gasteiger partial charge in [0, 0.05) is 19.0 Å². The van der Waals surface area contributed by atoms with E-state index in [2.05, 4.69) is 46.6 Å². The van der Waals surface area contributed by atoms with Gasteiger partial charge in [-0.1, -0.05) is 42.5 Å². The Kier molecular flexibility index (Phi) is 7.25. The molecule has 2 aliphatic rings. The largest absolute Gasteiger partial charge is 0.491 e. The molecule has 1 aliphatic heterocycles. The summed E-state index contributed by atoms with van der Waals surface area (Å²) < 4.78 is 5.43. The summed E-state index contributed by atoms with van der Waals surface area (Å²) in [5.74, 6) is 1.28. The van der Waals surface area contributed by atoms with Crippen molar-refractivity contribution in [3.05, 3.63) is 65.7 Å². The van der Waals surface area contributed by atoms with Gasteiger partial charge in [0.25, 0.3) is 0 Å². The predicted octanol–water partition coefficient (Wildman–Crippen LogP) is 3.41. The first-order chi connectivity index (χ1) is 15.2. The number of carbonyl (C=O) groups is 1. The predicted molar refractivity (Wildman–Crippen MR) is 122 cm³/mol. The van der Waals surface area contributed by atoms with Crippen LogP contribution in [0.4, 0.5) is 0 Å². The first kappa shape index (κ1) is 21.8. The van der Waals surface area contributed by atoms with Crippen molar-refractivity contribution in [1.82, 2.24) is 10.2 Å². The smallest absolute Gasteiger partial charge is 0.223 e. The van der Waals surface area contributed by atoms with E-state index in [1.807, 2.05) is 18.2 Å². The number of aliphatic hydroxyl groups excluding tert-OH is 1. The van der Waals surface area contributed by atoms with Crippen LogP contribution >= 0.6 is 0 Å². The van der Waals surface area contributed by atoms with Gasteiger partial charge < -0.3 is 15.2 Å². The topological polar surface area (TPSA) is 61.8 Å². The van der Waals surface area contributed by atoms with E-state index in [-0.39, 0.29) is 23.8 Å². The number of benzene rings is 2. The fourth-order valence-electron chi connectivity index (χ4n) is 4.81. The maximum atomic E-state index is 12.6. The summed E-state index contributed by atoms with van der Waals surface area (Å²) in [5, 5.41) is 12.0. The van der Waals surface area contributed by atoms with Crippen molar-refractivity contribution in [3.8, 4) is 5.75 Å². The number of aryl methyl sites for hydroxylation is 1. The molecule has 1 saturated carbocycles. The number of likely N-dealkylation sites (tertiary alicyclic amines) is 1. The third kappa shape index (κ3) is 5.86. The van der Waals surface area contributed by atoms with Crippen LogP contribution in [0.5, 0.6) is 5.75 Å². The molecule has 2 N–H and O–H groups in total. The molecule has 0 aromatic heterocycles. The van der Waals surface area contributed by atoms with Crippen molar-refractivity contribution in [1.29, 1.82) is 0 Å². The molecule has 1 spiro atoms. The first-order valence-electron chi connectivity index (χ1n) is 11.6. The fraction of sp³-hybridized carbons (Fsp3) is 0.500. The van der Waals surface area contributed by atoms with Crippen molar-refractivity contribution in [2.45, 2.75) is 38.6 Å². The molecule has 1 saturated heterocycles. The van der Waals surface area contributed by atoms with Gasteiger partial charge in [-0.3, -0.25) is 9.69 Å². The molecule has 2 fully saturated rings. The van der Waals surface area contributed by atoms with Gasteiger partial charge in [-0.2, -0.15) is 0 Å². The zero-order chi connectivity index (χ0) is 21.5. The van der Waals surface area contributed by atoms with Crippen molar-refractivity contribution in [2.24, 2.45) is 11.3 Å². The number of rotatable bonds is 10. The molecule has 0 bridgehead atoms. The molecule has 1 aliphatic carbocycles. The maximum absolute atomic E-state index is 12.6. The number of hydrogen-bond donors (Lipinski definition) is 2. The summed E-state index contributed by atoms with van der Waals surface area (Å²) in [4.78, 5) is 15.1. The molecule has 1 atom stereocenters. The highest BCUT2D eigenvalue weighted by molar-refractivity contribution is 5.82. The second kappa shape index (κ2) is 10.3. The van der Waals surface area contributed by atoms with Gasteiger partial charge in [0.2, 0.25) is 5.91 Å². The summed E-state index contributed by atoms with van der Waals surface area (Å²) in [5.41, 5.74) is 2.86. The lowest BCUT2D eigenvalue weighted by Crippen LogP contribution is -2.37. The maximum Gasteiger partial charge on any atom is 0.223 e. The number of aliphatic hydroxyl groups is 1. The highest BCUT2D eigenvalue weighted by Crippen LogP contribution is 2.59. The van der Waals surface area contributed by atoms with E-state index in [1.165, 1.54) is 11.1 Å². The Morgan fingerprint density at radius 2 is 1.81 bits per heavy atom. The van der Waals surface area contributed by atoms with E-state index < -0.39 is 0 Å². The molecule has 166 valence electrons. The average molecular weight is 423 g/mol. The molecule has 2 aromatic carbocycles. The van der Waals surface area contributed by atoms with Gasteiger partial charge in [0.05, 0.1) is 6.61 Å². The van der Waals surface area contributed by atoms with E-state index in [0.29, 0.717) is 6.61 Å². The van der Waals surface area contributed by atoms with Gasteiger partial charge >= 0.3 is 0 Å². The average Bonchev–Trinajstić information content (AvgIpc) is 3.52. The van der Waals surface area contributed by atoms with Crippen LogP contribution in [0.2, 0.25) is 0 Å². The summed E-state index contributed by atoms with van der Waals surface area (Å²) >= 11 is 0. The molecule has 5 heteroatoms. The number of nitrogens with zero attached hydrogens (tertiary/aromatic N) is 1. The standard InChI is InChI=1S/C26H34N2O3/c29-17-18-31-23-10-8-22(9-11-23)20-28-15-12-26(13-16-28)19-24(26)25(30)27-14-4-7-21-5-2-1-3-6-21/h1-3,5-6,8-11,24,29H,4,7,12-20H2,(H,27,30). The van der Waals surface area contributed by atoms with Crippen LogP contribution in [0.1, 0.15) is 36.8 Å². The lowest BCUT2D eigenvalue weighted by molar-refractivity contribution is -0.123. The van der Waals surface area contributed by atoms with Crippen LogP contribution in [0, 0.1) is 11.3 Å². The van der Waals surface area contributed by atoms with Gasteiger partial charge in [-0.05, 0) is 73.9 Å². The van der Waals surface area contributed by atoms with E-state index >= 15 is 0 Å². The van der Waals surface area contributed by atoms with Crippen molar-refractivity contribution in [3.63, 3.8) is 0 Å². The Balaban J connectivity index is 1.15. The Labute approximate surface area is 185 Å². The zero-order valence-corrected chi connectivity index (χ0v) is 18.3. The van der Waals surface area contributed by atoms with E-state index in [9.17, 15) is 4.79 Å². The normalized spacial score (nSPS) is 19.8. The van der Waals surface area contributed by atoms with E-state index in [0.717, 1.165) is 64.0 Å². The van der Waals surface area contributed by atoms with Gasteiger partial charge in [0.1, 0.15) is 12.4 Å². The molecule has 31 heavy (non-hydrogen) atoms. The molecular formula is C26H34N2O3. The van der Waals surface area contributed by atoms with Crippen molar-refractivity contribution >= 4 is 5.91 Å². The molecule has 1 unspecified atom stereocenters. The zero-order valence-electron chi connectivity index (χ0n) is 18.3. The molecule has 1 amide bonds. The Morgan fingerprint density at radius 1 is 1.06 bits per heavy atom. The van der Waals surface area contributed by atoms with Crippen LogP contribution in [-0.2, 0) is 17.8 Å². The Hall–Kier alpha value is -2.37. The SMILES string of the molecule is O=C(NCCCc1ccccc1)C1CC12CCN(Cc1ccc(OCCO)cc1)CC2. The van der Waals surface area contributed by atoms with Gasteiger partial charge in [0.15, 0.2) is 0 Å². The lowest BCUT2D eigenvalue weighted by atomic mass is 9.90. The summed E-state index contributed by atoms with van der Waals surface area (Å²) in [6.07, 6.45) is 5.30. The van der Waals surface area contributed by atoms with Gasteiger partial charge in [-0.25, -0.2) is 0 Å². The van der Waals surface area contributed by atoms with E-state index in [1.54, 1.807) is 0 Å². The summed E-state index contributed by atoms with van der Waals surface area (Å²) in [6.45, 7) is 4.18. The fourth-order valence-corrected chi connectivity index (χ4v) is 4.81. The van der Waals surface area contributed by atoms with Crippen molar-refractivity contribution in [2.75, 3.05) is 32.8 Å². The van der Waals surface area contributed by atoms with Crippen molar-refractivity contribution < 1.29 is 14.6 Å². The number of hydrogen-bond acceptors (Lipinski definition) is 4. The Morgan fingerprint density at radius 3 is 2.52 bits per heavy atom. The summed E-state index contributed by atoms with van der Waals surface area (Å²) in [7, 11) is 0. The highest BCUT2D eigenvalue weighted by atomic mass is 16.5. The molecule has 2 aromatic rings. The molecule has 0 radical (unpaired) electrons. The third-order valence-corrected chi connectivity index (χ3v) is 6.83. The minimum Gasteiger partial charge on any atom is -0.491 e. The monoisotopic (exact) mass is 422 g/mol. The second-order valence-electron chi connectivity index (χ2n) is 8.99.